The highest BCUT2D eigenvalue weighted by Crippen LogP contribution is 2.49. The van der Waals surface area contributed by atoms with Gasteiger partial charge in [0.05, 0.1) is 0 Å². The van der Waals surface area contributed by atoms with Gasteiger partial charge in [0.1, 0.15) is 11.5 Å². The summed E-state index contributed by atoms with van der Waals surface area (Å²) in [5.41, 5.74) is -0.0695. The van der Waals surface area contributed by atoms with E-state index in [0.717, 1.165) is 0 Å². The molecule has 0 radical (unpaired) electrons. The summed E-state index contributed by atoms with van der Waals surface area (Å²) in [7, 11) is 1.47. The van der Waals surface area contributed by atoms with Gasteiger partial charge in [-0.05, 0) is 23.7 Å². The predicted molar refractivity (Wildman–Crippen MR) is 71.6 cm³/mol. The molecule has 0 saturated carbocycles. The van der Waals surface area contributed by atoms with Crippen molar-refractivity contribution < 1.29 is 14.3 Å². The molecule has 0 unspecified atom stereocenters. The van der Waals surface area contributed by atoms with Crippen molar-refractivity contribution in [3.63, 3.8) is 0 Å². The number of hydrogen-bond acceptors (Lipinski definition) is 3. The van der Waals surface area contributed by atoms with Crippen LogP contribution < -0.4 is 4.74 Å². The number of para-hydroxylation sites is 2. The Balaban J connectivity index is 2.37. The predicted octanol–water partition coefficient (Wildman–Crippen LogP) is 3.45. The second-order valence-electron chi connectivity index (χ2n) is 4.25. The van der Waals surface area contributed by atoms with Gasteiger partial charge in [-0.2, -0.15) is 0 Å². The largest absolute Gasteiger partial charge is 0.457 e. The lowest BCUT2D eigenvalue weighted by atomic mass is 9.84. The van der Waals surface area contributed by atoms with Crippen LogP contribution in [0.15, 0.2) is 48.5 Å². The maximum atomic E-state index is 12.1. The molecule has 0 saturated heterocycles. The van der Waals surface area contributed by atoms with Crippen molar-refractivity contribution in [1.82, 2.24) is 0 Å². The van der Waals surface area contributed by atoms with Gasteiger partial charge in [0.25, 0.3) is 5.24 Å². The molecule has 19 heavy (non-hydrogen) atoms. The first-order valence-electron chi connectivity index (χ1n) is 5.82. The zero-order valence-electron chi connectivity index (χ0n) is 10.2. The van der Waals surface area contributed by atoms with Gasteiger partial charge in [0.2, 0.25) is 0 Å². The van der Waals surface area contributed by atoms with Crippen LogP contribution in [0.4, 0.5) is 0 Å². The lowest BCUT2D eigenvalue weighted by Crippen LogP contribution is -2.38. The van der Waals surface area contributed by atoms with E-state index in [1.54, 1.807) is 24.3 Å². The van der Waals surface area contributed by atoms with Crippen LogP contribution in [0.2, 0.25) is 0 Å². The molecule has 0 bridgehead atoms. The van der Waals surface area contributed by atoms with Crippen molar-refractivity contribution in [2.45, 2.75) is 5.60 Å². The topological polar surface area (TPSA) is 35.5 Å². The van der Waals surface area contributed by atoms with E-state index in [2.05, 4.69) is 0 Å². The SMILES string of the molecule is COC1(C(=O)Cl)c2ccccc2Oc2ccccc21. The molecule has 1 aliphatic heterocycles. The average molecular weight is 275 g/mol. The molecule has 0 atom stereocenters. The van der Waals surface area contributed by atoms with Gasteiger partial charge in [-0.3, -0.25) is 4.79 Å². The number of hydrogen-bond donors (Lipinski definition) is 0. The van der Waals surface area contributed by atoms with Crippen molar-refractivity contribution in [1.29, 1.82) is 0 Å². The van der Waals surface area contributed by atoms with Crippen LogP contribution in [0.25, 0.3) is 0 Å². The number of carbonyl (C=O) groups excluding carboxylic acids is 1. The quantitative estimate of drug-likeness (QED) is 0.787. The van der Waals surface area contributed by atoms with E-state index < -0.39 is 10.8 Å². The number of ether oxygens (including phenoxy) is 2. The molecule has 2 aromatic carbocycles. The number of carbonyl (C=O) groups is 1. The van der Waals surface area contributed by atoms with Crippen LogP contribution in [0.5, 0.6) is 11.5 Å². The van der Waals surface area contributed by atoms with Gasteiger partial charge in [-0.15, -0.1) is 0 Å². The van der Waals surface area contributed by atoms with E-state index in [-0.39, 0.29) is 0 Å². The minimum atomic E-state index is -1.31. The Labute approximate surface area is 115 Å². The third-order valence-corrected chi connectivity index (χ3v) is 3.60. The van der Waals surface area contributed by atoms with Gasteiger partial charge in [-0.1, -0.05) is 36.4 Å². The molecular weight excluding hydrogens is 264 g/mol. The number of fused-ring (bicyclic) bond motifs is 2. The molecule has 0 fully saturated rings. The van der Waals surface area contributed by atoms with Gasteiger partial charge in [0.15, 0.2) is 5.60 Å². The van der Waals surface area contributed by atoms with Crippen molar-refractivity contribution >= 4 is 16.8 Å². The summed E-state index contributed by atoms with van der Waals surface area (Å²) in [4.78, 5) is 12.1. The Morgan fingerprint density at radius 1 is 1.05 bits per heavy atom. The molecule has 0 aliphatic carbocycles. The number of benzene rings is 2. The smallest absolute Gasteiger partial charge is 0.263 e. The Kier molecular flexibility index (Phi) is 2.81. The number of methoxy groups -OCH3 is 1. The molecular formula is C15H11ClO3. The van der Waals surface area contributed by atoms with Crippen LogP contribution in [0.3, 0.4) is 0 Å². The zero-order valence-corrected chi connectivity index (χ0v) is 11.0. The molecule has 96 valence electrons. The summed E-state index contributed by atoms with van der Waals surface area (Å²) in [5, 5.41) is -0.585. The average Bonchev–Trinajstić information content (AvgIpc) is 2.44. The van der Waals surface area contributed by atoms with E-state index in [0.29, 0.717) is 22.6 Å². The third-order valence-electron chi connectivity index (χ3n) is 3.34. The molecule has 4 heteroatoms. The fourth-order valence-electron chi connectivity index (χ4n) is 2.47. The Bertz CT molecular complexity index is 606. The first-order valence-corrected chi connectivity index (χ1v) is 6.20. The highest BCUT2D eigenvalue weighted by Gasteiger charge is 2.48. The fourth-order valence-corrected chi connectivity index (χ4v) is 2.75. The number of rotatable bonds is 2. The molecule has 1 heterocycles. The van der Waals surface area contributed by atoms with Crippen LogP contribution in [-0.2, 0) is 15.1 Å². The number of halogens is 1. The van der Waals surface area contributed by atoms with Crippen molar-refractivity contribution in [2.75, 3.05) is 7.11 Å². The van der Waals surface area contributed by atoms with E-state index in [4.69, 9.17) is 21.1 Å². The summed E-state index contributed by atoms with van der Waals surface area (Å²) < 4.78 is 11.3. The lowest BCUT2D eigenvalue weighted by molar-refractivity contribution is -0.129. The molecule has 0 aromatic heterocycles. The molecule has 3 nitrogen and oxygen atoms in total. The maximum absolute atomic E-state index is 12.1. The molecule has 0 N–H and O–H groups in total. The summed E-state index contributed by atoms with van der Waals surface area (Å²) in [6.45, 7) is 0. The fraction of sp³-hybridized carbons (Fsp3) is 0.133. The van der Waals surface area contributed by atoms with E-state index in [9.17, 15) is 4.79 Å². The van der Waals surface area contributed by atoms with Gasteiger partial charge < -0.3 is 9.47 Å². The monoisotopic (exact) mass is 274 g/mol. The van der Waals surface area contributed by atoms with Gasteiger partial charge in [-0.25, -0.2) is 0 Å². The first-order chi connectivity index (χ1) is 9.20. The zero-order chi connectivity index (χ0) is 13.5. The normalized spacial score (nSPS) is 15.1. The van der Waals surface area contributed by atoms with Crippen LogP contribution in [-0.4, -0.2) is 12.4 Å². The van der Waals surface area contributed by atoms with Crippen molar-refractivity contribution in [3.8, 4) is 11.5 Å². The van der Waals surface area contributed by atoms with Crippen LogP contribution in [0.1, 0.15) is 11.1 Å². The summed E-state index contributed by atoms with van der Waals surface area (Å²) >= 11 is 5.85. The van der Waals surface area contributed by atoms with E-state index in [1.807, 2.05) is 24.3 Å². The second kappa shape index (κ2) is 4.37. The van der Waals surface area contributed by atoms with Crippen LogP contribution >= 0.6 is 11.6 Å². The lowest BCUT2D eigenvalue weighted by Gasteiger charge is -2.35. The molecule has 0 spiro atoms. The summed E-state index contributed by atoms with van der Waals surface area (Å²) in [6.07, 6.45) is 0. The summed E-state index contributed by atoms with van der Waals surface area (Å²) in [6, 6.07) is 14.5. The first kappa shape index (κ1) is 12.2. The van der Waals surface area contributed by atoms with Crippen molar-refractivity contribution in [2.24, 2.45) is 0 Å². The van der Waals surface area contributed by atoms with Gasteiger partial charge in [0, 0.05) is 18.2 Å². The van der Waals surface area contributed by atoms with Crippen molar-refractivity contribution in [3.05, 3.63) is 59.7 Å². The van der Waals surface area contributed by atoms with E-state index >= 15 is 0 Å². The Morgan fingerprint density at radius 2 is 1.53 bits per heavy atom. The molecule has 3 rings (SSSR count). The van der Waals surface area contributed by atoms with E-state index in [1.165, 1.54) is 7.11 Å². The standard InChI is InChI=1S/C15H11ClO3/c1-18-15(14(16)17)10-6-2-4-8-12(10)19-13-9-5-3-7-11(13)15/h2-9H,1H3. The minimum Gasteiger partial charge on any atom is -0.457 e. The second-order valence-corrected chi connectivity index (χ2v) is 4.60. The molecule has 0 amide bonds. The summed E-state index contributed by atoms with van der Waals surface area (Å²) in [5.74, 6) is 1.16. The minimum absolute atomic E-state index is 0.581. The third kappa shape index (κ3) is 1.59. The Morgan fingerprint density at radius 3 is 1.95 bits per heavy atom. The maximum Gasteiger partial charge on any atom is 0.263 e. The Hall–Kier alpha value is -1.84. The molecule has 1 aliphatic rings. The highest BCUT2D eigenvalue weighted by atomic mass is 35.5. The van der Waals surface area contributed by atoms with Gasteiger partial charge >= 0.3 is 0 Å². The van der Waals surface area contributed by atoms with Crippen LogP contribution in [0, 0.1) is 0 Å². The molecule has 2 aromatic rings. The highest BCUT2D eigenvalue weighted by molar-refractivity contribution is 6.65.